The van der Waals surface area contributed by atoms with Crippen molar-refractivity contribution in [3.63, 3.8) is 0 Å². The van der Waals surface area contributed by atoms with Crippen LogP contribution in [0.2, 0.25) is 5.02 Å². The van der Waals surface area contributed by atoms with E-state index in [0.717, 1.165) is 18.5 Å². The van der Waals surface area contributed by atoms with Crippen LogP contribution >= 0.6 is 11.6 Å². The summed E-state index contributed by atoms with van der Waals surface area (Å²) in [5.41, 5.74) is 0.667. The van der Waals surface area contributed by atoms with Gasteiger partial charge in [-0.2, -0.15) is 0 Å². The minimum absolute atomic E-state index is 0.109. The Morgan fingerprint density at radius 3 is 3.00 bits per heavy atom. The van der Waals surface area contributed by atoms with Crippen LogP contribution in [0.1, 0.15) is 31.9 Å². The van der Waals surface area contributed by atoms with Crippen molar-refractivity contribution in [3.05, 3.63) is 34.6 Å². The maximum Gasteiger partial charge on any atom is 0.124 e. The lowest BCUT2D eigenvalue weighted by molar-refractivity contribution is -0.109. The first kappa shape index (κ1) is 12.8. The van der Waals surface area contributed by atoms with Gasteiger partial charge in [0.25, 0.3) is 0 Å². The van der Waals surface area contributed by atoms with Gasteiger partial charge in [0.1, 0.15) is 5.82 Å². The van der Waals surface area contributed by atoms with Crippen LogP contribution < -0.4 is 5.32 Å². The molecule has 0 saturated carbocycles. The lowest BCUT2D eigenvalue weighted by atomic mass is 9.98. The zero-order valence-electron chi connectivity index (χ0n) is 10.1. The highest BCUT2D eigenvalue weighted by molar-refractivity contribution is 6.31. The number of rotatable bonds is 2. The van der Waals surface area contributed by atoms with Crippen LogP contribution in [0.3, 0.4) is 0 Å². The number of hydrogen-bond acceptors (Lipinski definition) is 2. The van der Waals surface area contributed by atoms with E-state index >= 15 is 0 Å². The molecule has 2 rings (SSSR count). The Hall–Kier alpha value is -0.640. The molecule has 94 valence electrons. The molecule has 1 heterocycles. The van der Waals surface area contributed by atoms with Crippen molar-refractivity contribution in [1.29, 1.82) is 0 Å². The number of nitrogens with one attached hydrogen (secondary N) is 1. The van der Waals surface area contributed by atoms with Gasteiger partial charge in [0.15, 0.2) is 0 Å². The molecule has 0 aliphatic carbocycles. The molecule has 1 aliphatic heterocycles. The van der Waals surface area contributed by atoms with Gasteiger partial charge < -0.3 is 10.1 Å². The fourth-order valence-electron chi connectivity index (χ4n) is 2.04. The number of hydrogen-bond donors (Lipinski definition) is 1. The zero-order chi connectivity index (χ0) is 12.5. The second-order valence-corrected chi connectivity index (χ2v) is 5.11. The summed E-state index contributed by atoms with van der Waals surface area (Å²) in [6.07, 6.45) is 0.816. The quantitative estimate of drug-likeness (QED) is 0.878. The van der Waals surface area contributed by atoms with Gasteiger partial charge >= 0.3 is 0 Å². The number of ether oxygens (including phenoxy) is 1. The van der Waals surface area contributed by atoms with Crippen molar-refractivity contribution in [2.75, 3.05) is 13.1 Å². The molecular formula is C13H17ClFNO. The standard InChI is InChI=1S/C13H17ClFNO/c1-3-13(2)8-16-7-12(17-13)10-5-4-9(15)6-11(10)14/h4-6,12,16H,3,7-8H2,1-2H3. The summed E-state index contributed by atoms with van der Waals surface area (Å²) in [7, 11) is 0. The maximum atomic E-state index is 13.0. The van der Waals surface area contributed by atoms with Crippen molar-refractivity contribution < 1.29 is 9.13 Å². The largest absolute Gasteiger partial charge is 0.365 e. The fourth-order valence-corrected chi connectivity index (χ4v) is 2.33. The molecule has 1 N–H and O–H groups in total. The topological polar surface area (TPSA) is 21.3 Å². The third-order valence-corrected chi connectivity index (χ3v) is 3.64. The van der Waals surface area contributed by atoms with E-state index in [1.54, 1.807) is 6.07 Å². The van der Waals surface area contributed by atoms with E-state index in [0.29, 0.717) is 11.6 Å². The predicted molar refractivity (Wildman–Crippen MR) is 66.8 cm³/mol. The van der Waals surface area contributed by atoms with Crippen molar-refractivity contribution in [2.45, 2.75) is 32.0 Å². The summed E-state index contributed by atoms with van der Waals surface area (Å²) < 4.78 is 19.1. The van der Waals surface area contributed by atoms with Crippen molar-refractivity contribution >= 4 is 11.6 Å². The van der Waals surface area contributed by atoms with Gasteiger partial charge in [-0.1, -0.05) is 24.6 Å². The Kier molecular flexibility index (Phi) is 3.71. The van der Waals surface area contributed by atoms with E-state index in [1.807, 2.05) is 0 Å². The average Bonchev–Trinajstić information content (AvgIpc) is 2.29. The third kappa shape index (κ3) is 2.79. The van der Waals surface area contributed by atoms with E-state index in [2.05, 4.69) is 19.2 Å². The van der Waals surface area contributed by atoms with Crippen LogP contribution in [0, 0.1) is 5.82 Å². The average molecular weight is 258 g/mol. The van der Waals surface area contributed by atoms with Crippen LogP contribution in [0.25, 0.3) is 0 Å². The van der Waals surface area contributed by atoms with Gasteiger partial charge in [0, 0.05) is 23.7 Å². The van der Waals surface area contributed by atoms with Crippen molar-refractivity contribution in [1.82, 2.24) is 5.32 Å². The lowest BCUT2D eigenvalue weighted by Crippen LogP contribution is -2.48. The van der Waals surface area contributed by atoms with Gasteiger partial charge in [-0.15, -0.1) is 0 Å². The van der Waals surface area contributed by atoms with Crippen LogP contribution in [-0.2, 0) is 4.74 Å². The minimum atomic E-state index is -0.319. The molecule has 0 bridgehead atoms. The monoisotopic (exact) mass is 257 g/mol. The molecular weight excluding hydrogens is 241 g/mol. The molecule has 2 atom stereocenters. The first-order chi connectivity index (χ1) is 8.04. The summed E-state index contributed by atoms with van der Waals surface area (Å²) in [4.78, 5) is 0. The molecule has 2 nitrogen and oxygen atoms in total. The van der Waals surface area contributed by atoms with E-state index in [1.165, 1.54) is 12.1 Å². The minimum Gasteiger partial charge on any atom is -0.365 e. The number of morpholine rings is 1. The summed E-state index contributed by atoms with van der Waals surface area (Å²) >= 11 is 6.05. The third-order valence-electron chi connectivity index (χ3n) is 3.31. The highest BCUT2D eigenvalue weighted by Crippen LogP contribution is 2.33. The molecule has 0 aromatic heterocycles. The summed E-state index contributed by atoms with van der Waals surface area (Å²) in [5, 5.41) is 3.77. The molecule has 1 saturated heterocycles. The zero-order valence-corrected chi connectivity index (χ0v) is 10.9. The number of halogens is 2. The highest BCUT2D eigenvalue weighted by Gasteiger charge is 2.32. The molecule has 0 radical (unpaired) electrons. The molecule has 1 aromatic rings. The van der Waals surface area contributed by atoms with E-state index in [-0.39, 0.29) is 17.5 Å². The second-order valence-electron chi connectivity index (χ2n) is 4.71. The Morgan fingerprint density at radius 1 is 1.59 bits per heavy atom. The van der Waals surface area contributed by atoms with Gasteiger partial charge in [0.05, 0.1) is 11.7 Å². The van der Waals surface area contributed by atoms with Crippen LogP contribution in [0.15, 0.2) is 18.2 Å². The Labute approximate surface area is 106 Å². The van der Waals surface area contributed by atoms with E-state index < -0.39 is 0 Å². The normalized spacial score (nSPS) is 29.3. The van der Waals surface area contributed by atoms with Gasteiger partial charge in [-0.3, -0.25) is 0 Å². The molecule has 2 unspecified atom stereocenters. The SMILES string of the molecule is CCC1(C)CNCC(c2ccc(F)cc2Cl)O1. The lowest BCUT2D eigenvalue weighted by Gasteiger charge is -2.39. The molecule has 17 heavy (non-hydrogen) atoms. The molecule has 0 amide bonds. The van der Waals surface area contributed by atoms with Crippen LogP contribution in [0.4, 0.5) is 4.39 Å². The molecule has 4 heteroatoms. The number of benzene rings is 1. The molecule has 0 spiro atoms. The Balaban J connectivity index is 2.22. The van der Waals surface area contributed by atoms with Crippen molar-refractivity contribution in [3.8, 4) is 0 Å². The van der Waals surface area contributed by atoms with E-state index in [9.17, 15) is 4.39 Å². The molecule has 1 fully saturated rings. The van der Waals surface area contributed by atoms with Gasteiger partial charge in [-0.05, 0) is 25.5 Å². The Bertz CT molecular complexity index is 412. The fraction of sp³-hybridized carbons (Fsp3) is 0.538. The highest BCUT2D eigenvalue weighted by atomic mass is 35.5. The summed E-state index contributed by atoms with van der Waals surface area (Å²) in [6, 6.07) is 4.45. The first-order valence-electron chi connectivity index (χ1n) is 5.87. The Morgan fingerprint density at radius 2 is 2.35 bits per heavy atom. The van der Waals surface area contributed by atoms with Crippen LogP contribution in [-0.4, -0.2) is 18.7 Å². The first-order valence-corrected chi connectivity index (χ1v) is 6.25. The smallest absolute Gasteiger partial charge is 0.124 e. The molecule has 1 aliphatic rings. The van der Waals surface area contributed by atoms with Crippen molar-refractivity contribution in [2.24, 2.45) is 0 Å². The van der Waals surface area contributed by atoms with E-state index in [4.69, 9.17) is 16.3 Å². The maximum absolute atomic E-state index is 13.0. The predicted octanol–water partition coefficient (Wildman–Crippen LogP) is 3.31. The van der Waals surface area contributed by atoms with Gasteiger partial charge in [0.2, 0.25) is 0 Å². The molecule has 1 aromatic carbocycles. The second kappa shape index (κ2) is 4.92. The summed E-state index contributed by atoms with van der Waals surface area (Å²) in [5.74, 6) is -0.319. The van der Waals surface area contributed by atoms with Gasteiger partial charge in [-0.25, -0.2) is 4.39 Å². The van der Waals surface area contributed by atoms with Crippen LogP contribution in [0.5, 0.6) is 0 Å². The summed E-state index contributed by atoms with van der Waals surface area (Å²) in [6.45, 7) is 5.71.